The number of nitrogens with one attached hydrogen (secondary N) is 2. The van der Waals surface area contributed by atoms with Crippen LogP contribution >= 0.6 is 0 Å². The summed E-state index contributed by atoms with van der Waals surface area (Å²) in [6.45, 7) is 7.82. The molecule has 0 aromatic carbocycles. The Morgan fingerprint density at radius 2 is 1.88 bits per heavy atom. The maximum Gasteiger partial charge on any atom is 0.233 e. The SMILES string of the molecule is CC(C)CCNC(=O)CN[C@H](C)C1CCCC1. The number of amides is 1. The second kappa shape index (κ2) is 7.70. The Hall–Kier alpha value is -0.570. The fourth-order valence-corrected chi connectivity index (χ4v) is 2.44. The second-order valence-electron chi connectivity index (χ2n) is 5.75. The summed E-state index contributed by atoms with van der Waals surface area (Å²) >= 11 is 0. The van der Waals surface area contributed by atoms with Gasteiger partial charge in [-0.05, 0) is 38.0 Å². The Morgan fingerprint density at radius 1 is 1.24 bits per heavy atom. The zero-order valence-electron chi connectivity index (χ0n) is 11.6. The lowest BCUT2D eigenvalue weighted by Gasteiger charge is -2.20. The molecule has 1 saturated carbocycles. The van der Waals surface area contributed by atoms with Crippen molar-refractivity contribution in [3.05, 3.63) is 0 Å². The van der Waals surface area contributed by atoms with Gasteiger partial charge in [0.2, 0.25) is 5.91 Å². The fraction of sp³-hybridized carbons (Fsp3) is 0.929. The summed E-state index contributed by atoms with van der Waals surface area (Å²) in [5, 5.41) is 6.31. The molecule has 1 aliphatic carbocycles. The number of hydrogen-bond donors (Lipinski definition) is 2. The van der Waals surface area contributed by atoms with Gasteiger partial charge in [-0.2, -0.15) is 0 Å². The molecule has 1 rings (SSSR count). The Balaban J connectivity index is 2.06. The van der Waals surface area contributed by atoms with E-state index in [0.717, 1.165) is 18.9 Å². The lowest BCUT2D eigenvalue weighted by atomic mass is 10.00. The molecule has 1 amide bonds. The number of rotatable bonds is 7. The summed E-state index contributed by atoms with van der Waals surface area (Å²) in [6.07, 6.45) is 6.42. The molecule has 0 aromatic rings. The summed E-state index contributed by atoms with van der Waals surface area (Å²) < 4.78 is 0. The van der Waals surface area contributed by atoms with Gasteiger partial charge in [0.1, 0.15) is 0 Å². The van der Waals surface area contributed by atoms with Crippen molar-refractivity contribution in [2.24, 2.45) is 11.8 Å². The number of carbonyl (C=O) groups excluding carboxylic acids is 1. The molecule has 1 atom stereocenters. The van der Waals surface area contributed by atoms with Crippen LogP contribution in [0.4, 0.5) is 0 Å². The van der Waals surface area contributed by atoms with Gasteiger partial charge in [-0.15, -0.1) is 0 Å². The van der Waals surface area contributed by atoms with Gasteiger partial charge in [0.15, 0.2) is 0 Å². The molecule has 0 radical (unpaired) electrons. The van der Waals surface area contributed by atoms with Crippen LogP contribution in [-0.4, -0.2) is 25.0 Å². The fourth-order valence-electron chi connectivity index (χ4n) is 2.44. The predicted molar refractivity (Wildman–Crippen MR) is 71.9 cm³/mol. The summed E-state index contributed by atoms with van der Waals surface area (Å²) in [6, 6.07) is 0.480. The summed E-state index contributed by atoms with van der Waals surface area (Å²) in [5.41, 5.74) is 0. The van der Waals surface area contributed by atoms with Crippen LogP contribution in [0.3, 0.4) is 0 Å². The summed E-state index contributed by atoms with van der Waals surface area (Å²) in [7, 11) is 0. The maximum absolute atomic E-state index is 11.6. The lowest BCUT2D eigenvalue weighted by Crippen LogP contribution is -2.41. The van der Waals surface area contributed by atoms with E-state index in [1.54, 1.807) is 0 Å². The largest absolute Gasteiger partial charge is 0.355 e. The molecule has 0 saturated heterocycles. The minimum Gasteiger partial charge on any atom is -0.355 e. The van der Waals surface area contributed by atoms with Crippen LogP contribution in [0.5, 0.6) is 0 Å². The van der Waals surface area contributed by atoms with Crippen molar-refractivity contribution >= 4 is 5.91 Å². The third kappa shape index (κ3) is 6.06. The van der Waals surface area contributed by atoms with Crippen molar-refractivity contribution in [3.63, 3.8) is 0 Å². The highest BCUT2D eigenvalue weighted by atomic mass is 16.1. The average molecular weight is 240 g/mol. The Labute approximate surface area is 106 Å². The first-order valence-electron chi connectivity index (χ1n) is 7.09. The monoisotopic (exact) mass is 240 g/mol. The zero-order chi connectivity index (χ0) is 12.7. The van der Waals surface area contributed by atoms with E-state index in [1.165, 1.54) is 25.7 Å². The highest BCUT2D eigenvalue weighted by molar-refractivity contribution is 5.77. The van der Waals surface area contributed by atoms with Crippen LogP contribution in [0.2, 0.25) is 0 Å². The van der Waals surface area contributed by atoms with Gasteiger partial charge in [-0.3, -0.25) is 4.79 Å². The van der Waals surface area contributed by atoms with Crippen molar-refractivity contribution < 1.29 is 4.79 Å². The van der Waals surface area contributed by atoms with E-state index in [9.17, 15) is 4.79 Å². The van der Waals surface area contributed by atoms with Crippen molar-refractivity contribution in [2.75, 3.05) is 13.1 Å². The zero-order valence-corrected chi connectivity index (χ0v) is 11.6. The van der Waals surface area contributed by atoms with Crippen LogP contribution in [-0.2, 0) is 4.79 Å². The van der Waals surface area contributed by atoms with E-state index in [1.807, 2.05) is 0 Å². The van der Waals surface area contributed by atoms with Crippen molar-refractivity contribution in [1.82, 2.24) is 10.6 Å². The molecule has 1 fully saturated rings. The first-order chi connectivity index (χ1) is 8.09. The molecule has 0 bridgehead atoms. The van der Waals surface area contributed by atoms with Crippen LogP contribution < -0.4 is 10.6 Å². The third-order valence-electron chi connectivity index (χ3n) is 3.74. The van der Waals surface area contributed by atoms with Gasteiger partial charge in [0.25, 0.3) is 0 Å². The standard InChI is InChI=1S/C14H28N2O/c1-11(2)8-9-15-14(17)10-16-12(3)13-6-4-5-7-13/h11-13,16H,4-10H2,1-3H3,(H,15,17)/t12-/m1/s1. The summed E-state index contributed by atoms with van der Waals surface area (Å²) in [5.74, 6) is 1.56. The van der Waals surface area contributed by atoms with E-state index in [-0.39, 0.29) is 5.91 Å². The van der Waals surface area contributed by atoms with Gasteiger partial charge >= 0.3 is 0 Å². The molecule has 17 heavy (non-hydrogen) atoms. The Morgan fingerprint density at radius 3 is 2.47 bits per heavy atom. The van der Waals surface area contributed by atoms with E-state index in [0.29, 0.717) is 18.5 Å². The molecular formula is C14H28N2O. The maximum atomic E-state index is 11.6. The van der Waals surface area contributed by atoms with Crippen LogP contribution in [0, 0.1) is 11.8 Å². The summed E-state index contributed by atoms with van der Waals surface area (Å²) in [4.78, 5) is 11.6. The second-order valence-corrected chi connectivity index (χ2v) is 5.75. The van der Waals surface area contributed by atoms with Gasteiger partial charge < -0.3 is 10.6 Å². The third-order valence-corrected chi connectivity index (χ3v) is 3.74. The quantitative estimate of drug-likeness (QED) is 0.717. The first-order valence-corrected chi connectivity index (χ1v) is 7.09. The van der Waals surface area contributed by atoms with E-state index < -0.39 is 0 Å². The van der Waals surface area contributed by atoms with Crippen molar-refractivity contribution in [2.45, 2.75) is 58.9 Å². The molecule has 0 aromatic heterocycles. The molecule has 3 nitrogen and oxygen atoms in total. The van der Waals surface area contributed by atoms with E-state index in [4.69, 9.17) is 0 Å². The molecule has 100 valence electrons. The van der Waals surface area contributed by atoms with Crippen LogP contribution in [0.25, 0.3) is 0 Å². The van der Waals surface area contributed by atoms with Gasteiger partial charge in [0, 0.05) is 12.6 Å². The highest BCUT2D eigenvalue weighted by Crippen LogP contribution is 2.27. The van der Waals surface area contributed by atoms with Crippen molar-refractivity contribution in [1.29, 1.82) is 0 Å². The molecule has 0 heterocycles. The molecule has 0 unspecified atom stereocenters. The normalized spacial score (nSPS) is 18.6. The molecule has 2 N–H and O–H groups in total. The number of carbonyl (C=O) groups is 1. The smallest absolute Gasteiger partial charge is 0.233 e. The molecule has 3 heteroatoms. The average Bonchev–Trinajstić information content (AvgIpc) is 2.78. The lowest BCUT2D eigenvalue weighted by molar-refractivity contribution is -0.120. The minimum absolute atomic E-state index is 0.135. The number of hydrogen-bond acceptors (Lipinski definition) is 2. The van der Waals surface area contributed by atoms with E-state index >= 15 is 0 Å². The van der Waals surface area contributed by atoms with Crippen LogP contribution in [0.1, 0.15) is 52.9 Å². The molecular weight excluding hydrogens is 212 g/mol. The highest BCUT2D eigenvalue weighted by Gasteiger charge is 2.21. The van der Waals surface area contributed by atoms with Crippen molar-refractivity contribution in [3.8, 4) is 0 Å². The van der Waals surface area contributed by atoms with Crippen LogP contribution in [0.15, 0.2) is 0 Å². The van der Waals surface area contributed by atoms with Gasteiger partial charge in [-0.1, -0.05) is 26.7 Å². The topological polar surface area (TPSA) is 41.1 Å². The minimum atomic E-state index is 0.135. The molecule has 1 aliphatic rings. The van der Waals surface area contributed by atoms with Gasteiger partial charge in [0.05, 0.1) is 6.54 Å². The Kier molecular flexibility index (Phi) is 6.56. The van der Waals surface area contributed by atoms with Gasteiger partial charge in [-0.25, -0.2) is 0 Å². The van der Waals surface area contributed by atoms with E-state index in [2.05, 4.69) is 31.4 Å². The Bertz CT molecular complexity index is 222. The molecule has 0 spiro atoms. The predicted octanol–water partition coefficient (Wildman–Crippen LogP) is 2.32. The molecule has 0 aliphatic heterocycles. The first kappa shape index (κ1) is 14.5.